The summed E-state index contributed by atoms with van der Waals surface area (Å²) in [7, 11) is 1.65. The Morgan fingerprint density at radius 2 is 2.35 bits per heavy atom. The molecule has 0 bridgehead atoms. The number of rotatable bonds is 4. The highest BCUT2D eigenvalue weighted by Gasteiger charge is 1.95. The van der Waals surface area contributed by atoms with Crippen LogP contribution in [-0.2, 0) is 0 Å². The van der Waals surface area contributed by atoms with Gasteiger partial charge in [0.2, 0.25) is 5.13 Å². The van der Waals surface area contributed by atoms with Crippen LogP contribution in [0, 0.1) is 6.92 Å². The van der Waals surface area contributed by atoms with E-state index in [1.807, 2.05) is 36.6 Å². The number of anilines is 1. The molecule has 0 aliphatic heterocycles. The zero-order chi connectivity index (χ0) is 12.1. The normalized spacial score (nSPS) is 10.7. The molecule has 1 heterocycles. The Morgan fingerprint density at radius 3 is 3.06 bits per heavy atom. The summed E-state index contributed by atoms with van der Waals surface area (Å²) in [5.41, 5.74) is 4.86. The highest BCUT2D eigenvalue weighted by atomic mass is 32.1. The lowest BCUT2D eigenvalue weighted by Crippen LogP contribution is -1.91. The first kappa shape index (κ1) is 11.6. The van der Waals surface area contributed by atoms with Crippen molar-refractivity contribution in [2.24, 2.45) is 5.10 Å². The molecular weight excluding hydrogens is 234 g/mol. The first-order valence-electron chi connectivity index (χ1n) is 5.13. The van der Waals surface area contributed by atoms with E-state index in [9.17, 15) is 0 Å². The van der Waals surface area contributed by atoms with Gasteiger partial charge in [-0.15, -0.1) is 11.3 Å². The molecule has 0 aliphatic carbocycles. The second kappa shape index (κ2) is 5.45. The molecule has 1 N–H and O–H groups in total. The maximum Gasteiger partial charge on any atom is 0.203 e. The molecule has 88 valence electrons. The van der Waals surface area contributed by atoms with E-state index in [0.717, 1.165) is 22.1 Å². The number of thiazole rings is 1. The first-order chi connectivity index (χ1) is 8.28. The minimum atomic E-state index is 0.793. The van der Waals surface area contributed by atoms with Gasteiger partial charge in [0, 0.05) is 5.38 Å². The van der Waals surface area contributed by atoms with Crippen molar-refractivity contribution in [2.45, 2.75) is 6.92 Å². The van der Waals surface area contributed by atoms with Gasteiger partial charge in [-0.3, -0.25) is 5.43 Å². The van der Waals surface area contributed by atoms with Crippen LogP contribution in [0.15, 0.2) is 34.7 Å². The lowest BCUT2D eigenvalue weighted by atomic mass is 10.2. The van der Waals surface area contributed by atoms with Crippen LogP contribution in [0.3, 0.4) is 0 Å². The predicted molar refractivity (Wildman–Crippen MR) is 71.1 cm³/mol. The van der Waals surface area contributed by atoms with Gasteiger partial charge in [-0.1, -0.05) is 12.1 Å². The van der Waals surface area contributed by atoms with Crippen LogP contribution in [0.4, 0.5) is 5.13 Å². The molecule has 0 amide bonds. The minimum Gasteiger partial charge on any atom is -0.497 e. The number of nitrogens with zero attached hydrogens (tertiary/aromatic N) is 2. The van der Waals surface area contributed by atoms with Gasteiger partial charge >= 0.3 is 0 Å². The molecule has 2 aromatic rings. The quantitative estimate of drug-likeness (QED) is 0.667. The molecule has 2 rings (SSSR count). The van der Waals surface area contributed by atoms with E-state index in [1.165, 1.54) is 11.3 Å². The largest absolute Gasteiger partial charge is 0.497 e. The lowest BCUT2D eigenvalue weighted by Gasteiger charge is -1.99. The molecular formula is C12H13N3OS. The highest BCUT2D eigenvalue weighted by molar-refractivity contribution is 7.13. The fraction of sp³-hybridized carbons (Fsp3) is 0.167. The van der Waals surface area contributed by atoms with E-state index >= 15 is 0 Å². The Hall–Kier alpha value is -1.88. The number of aromatic nitrogens is 1. The standard InChI is InChI=1S/C12H13N3OS/c1-9-8-17-12(14-9)15-13-7-10-4-3-5-11(6-10)16-2/h3-8H,1-2H3,(H,14,15)/b13-7-. The molecule has 17 heavy (non-hydrogen) atoms. The summed E-state index contributed by atoms with van der Waals surface area (Å²) in [6.45, 7) is 1.95. The third-order valence-corrected chi connectivity index (χ3v) is 2.95. The van der Waals surface area contributed by atoms with E-state index in [1.54, 1.807) is 13.3 Å². The summed E-state index contributed by atoms with van der Waals surface area (Å²) in [5, 5.41) is 6.89. The summed E-state index contributed by atoms with van der Waals surface area (Å²) in [4.78, 5) is 4.24. The van der Waals surface area contributed by atoms with Crippen LogP contribution in [0.2, 0.25) is 0 Å². The van der Waals surface area contributed by atoms with Crippen molar-refractivity contribution in [3.63, 3.8) is 0 Å². The molecule has 0 atom stereocenters. The van der Waals surface area contributed by atoms with Crippen LogP contribution in [0.1, 0.15) is 11.3 Å². The van der Waals surface area contributed by atoms with Gasteiger partial charge in [0.25, 0.3) is 0 Å². The monoisotopic (exact) mass is 247 g/mol. The summed E-state index contributed by atoms with van der Waals surface area (Å²) >= 11 is 1.53. The van der Waals surface area contributed by atoms with Crippen molar-refractivity contribution < 1.29 is 4.74 Å². The third kappa shape index (κ3) is 3.29. The summed E-state index contributed by atoms with van der Waals surface area (Å²) in [5.74, 6) is 0.819. The second-order valence-electron chi connectivity index (χ2n) is 3.44. The smallest absolute Gasteiger partial charge is 0.203 e. The van der Waals surface area contributed by atoms with Crippen molar-refractivity contribution in [1.82, 2.24) is 4.98 Å². The van der Waals surface area contributed by atoms with Gasteiger partial charge in [-0.05, 0) is 24.6 Å². The molecule has 4 nitrogen and oxygen atoms in total. The van der Waals surface area contributed by atoms with E-state index in [0.29, 0.717) is 0 Å². The summed E-state index contributed by atoms with van der Waals surface area (Å²) < 4.78 is 5.13. The van der Waals surface area contributed by atoms with Gasteiger partial charge in [-0.2, -0.15) is 5.10 Å². The molecule has 0 saturated carbocycles. The maximum absolute atomic E-state index is 5.13. The van der Waals surface area contributed by atoms with Crippen LogP contribution < -0.4 is 10.2 Å². The molecule has 1 aromatic heterocycles. The predicted octanol–water partition coefficient (Wildman–Crippen LogP) is 2.91. The Bertz CT molecular complexity index is 522. The van der Waals surface area contributed by atoms with Gasteiger partial charge in [-0.25, -0.2) is 4.98 Å². The van der Waals surface area contributed by atoms with E-state index in [4.69, 9.17) is 4.74 Å². The van der Waals surface area contributed by atoms with Crippen LogP contribution in [0.25, 0.3) is 0 Å². The van der Waals surface area contributed by atoms with Crippen LogP contribution in [-0.4, -0.2) is 18.3 Å². The summed E-state index contributed by atoms with van der Waals surface area (Å²) in [6, 6.07) is 7.70. The van der Waals surface area contributed by atoms with Crippen LogP contribution >= 0.6 is 11.3 Å². The number of methoxy groups -OCH3 is 1. The number of aryl methyl sites for hydroxylation is 1. The number of hydrazone groups is 1. The van der Waals surface area contributed by atoms with E-state index < -0.39 is 0 Å². The SMILES string of the molecule is COc1cccc(/C=N\Nc2nc(C)cs2)c1. The maximum atomic E-state index is 5.13. The topological polar surface area (TPSA) is 46.5 Å². The van der Waals surface area contributed by atoms with Crippen molar-refractivity contribution in [3.8, 4) is 5.75 Å². The number of hydrogen-bond acceptors (Lipinski definition) is 5. The molecule has 1 aromatic carbocycles. The van der Waals surface area contributed by atoms with Gasteiger partial charge < -0.3 is 4.74 Å². The van der Waals surface area contributed by atoms with Crippen molar-refractivity contribution >= 4 is 22.7 Å². The summed E-state index contributed by atoms with van der Waals surface area (Å²) in [6.07, 6.45) is 1.74. The molecule has 0 aliphatic rings. The van der Waals surface area contributed by atoms with Crippen molar-refractivity contribution in [1.29, 1.82) is 0 Å². The van der Waals surface area contributed by atoms with Gasteiger partial charge in [0.15, 0.2) is 0 Å². The zero-order valence-corrected chi connectivity index (χ0v) is 10.5. The number of nitrogens with one attached hydrogen (secondary N) is 1. The molecule has 5 heteroatoms. The Labute approximate surface area is 104 Å². The van der Waals surface area contributed by atoms with E-state index in [2.05, 4.69) is 15.5 Å². The zero-order valence-electron chi connectivity index (χ0n) is 9.68. The molecule has 0 fully saturated rings. The molecule has 0 unspecified atom stereocenters. The fourth-order valence-corrected chi connectivity index (χ4v) is 1.93. The molecule has 0 spiro atoms. The van der Waals surface area contributed by atoms with Gasteiger partial charge in [0.05, 0.1) is 19.0 Å². The number of benzene rings is 1. The van der Waals surface area contributed by atoms with E-state index in [-0.39, 0.29) is 0 Å². The number of ether oxygens (including phenoxy) is 1. The van der Waals surface area contributed by atoms with Gasteiger partial charge in [0.1, 0.15) is 5.75 Å². The van der Waals surface area contributed by atoms with Crippen molar-refractivity contribution in [3.05, 3.63) is 40.9 Å². The Balaban J connectivity index is 2.00. The Morgan fingerprint density at radius 1 is 1.47 bits per heavy atom. The first-order valence-corrected chi connectivity index (χ1v) is 6.01. The average molecular weight is 247 g/mol. The third-order valence-electron chi connectivity index (χ3n) is 2.09. The molecule has 0 radical (unpaired) electrons. The highest BCUT2D eigenvalue weighted by Crippen LogP contribution is 2.14. The lowest BCUT2D eigenvalue weighted by molar-refractivity contribution is 0.415. The van der Waals surface area contributed by atoms with Crippen molar-refractivity contribution in [2.75, 3.05) is 12.5 Å². The average Bonchev–Trinajstić information content (AvgIpc) is 2.75. The Kier molecular flexibility index (Phi) is 3.72. The molecule has 0 saturated heterocycles. The minimum absolute atomic E-state index is 0.793. The fourth-order valence-electron chi connectivity index (χ4n) is 1.29. The van der Waals surface area contributed by atoms with Crippen LogP contribution in [0.5, 0.6) is 5.75 Å². The number of hydrogen-bond donors (Lipinski definition) is 1. The second-order valence-corrected chi connectivity index (χ2v) is 4.30.